The molecular weight excluding hydrogens is 230 g/mol. The van der Waals surface area contributed by atoms with E-state index in [-0.39, 0.29) is 5.92 Å². The van der Waals surface area contributed by atoms with Gasteiger partial charge in [0.1, 0.15) is 4.93 Å². The molecule has 1 aromatic rings. The fraction of sp³-hybridized carbons (Fsp3) is 0.214. The van der Waals surface area contributed by atoms with Gasteiger partial charge in [0, 0.05) is 5.92 Å². The first-order valence-electron chi connectivity index (χ1n) is 5.33. The molecule has 2 rings (SSSR count). The van der Waals surface area contributed by atoms with Crippen molar-refractivity contribution < 1.29 is 5.11 Å². The fourth-order valence-electron chi connectivity index (χ4n) is 1.96. The number of hydrogen-bond acceptors (Lipinski definition) is 3. The zero-order valence-corrected chi connectivity index (χ0v) is 10.3. The minimum Gasteiger partial charge on any atom is -0.375 e. The van der Waals surface area contributed by atoms with E-state index in [4.69, 9.17) is 5.26 Å². The lowest BCUT2D eigenvalue weighted by Crippen LogP contribution is -2.30. The van der Waals surface area contributed by atoms with Crippen LogP contribution in [0, 0.1) is 11.3 Å². The smallest absolute Gasteiger partial charge is 0.139 e. The van der Waals surface area contributed by atoms with Gasteiger partial charge in [0.15, 0.2) is 0 Å². The Morgan fingerprint density at radius 1 is 1.41 bits per heavy atom. The highest BCUT2D eigenvalue weighted by molar-refractivity contribution is 8.00. The second kappa shape index (κ2) is 4.79. The number of hydrogen-bond donors (Lipinski definition) is 1. The number of nitriles is 1. The Kier molecular flexibility index (Phi) is 3.37. The van der Waals surface area contributed by atoms with E-state index in [9.17, 15) is 5.11 Å². The first-order valence-corrected chi connectivity index (χ1v) is 6.56. The van der Waals surface area contributed by atoms with Crippen LogP contribution in [0.5, 0.6) is 0 Å². The van der Waals surface area contributed by atoms with Gasteiger partial charge < -0.3 is 5.11 Å². The zero-order chi connectivity index (χ0) is 12.3. The van der Waals surface area contributed by atoms with Crippen molar-refractivity contribution in [1.29, 1.82) is 5.26 Å². The van der Waals surface area contributed by atoms with Crippen molar-refractivity contribution in [1.82, 2.24) is 0 Å². The van der Waals surface area contributed by atoms with E-state index in [1.807, 2.05) is 42.7 Å². The van der Waals surface area contributed by atoms with Crippen LogP contribution in [0.4, 0.5) is 0 Å². The van der Waals surface area contributed by atoms with Crippen molar-refractivity contribution in [2.24, 2.45) is 0 Å². The lowest BCUT2D eigenvalue weighted by molar-refractivity contribution is 0.170. The molecule has 1 unspecified atom stereocenters. The highest BCUT2D eigenvalue weighted by atomic mass is 32.2. The Morgan fingerprint density at radius 3 is 2.94 bits per heavy atom. The molecule has 0 saturated carbocycles. The van der Waals surface area contributed by atoms with Crippen LogP contribution in [0.15, 0.2) is 48.6 Å². The maximum Gasteiger partial charge on any atom is 0.139 e. The molecule has 0 spiro atoms. The molecule has 0 bridgehead atoms. The summed E-state index contributed by atoms with van der Waals surface area (Å²) in [5, 5.41) is 19.4. The summed E-state index contributed by atoms with van der Waals surface area (Å²) in [6.07, 6.45) is 9.41. The molecule has 1 aromatic carbocycles. The number of aliphatic hydroxyl groups is 1. The summed E-state index contributed by atoms with van der Waals surface area (Å²) in [4.78, 5) is -0.928. The third-order valence-corrected chi connectivity index (χ3v) is 3.94. The van der Waals surface area contributed by atoms with Crippen LogP contribution in [0.2, 0.25) is 0 Å². The molecule has 2 nitrogen and oxygen atoms in total. The van der Waals surface area contributed by atoms with Crippen LogP contribution in [-0.2, 0) is 0 Å². The van der Waals surface area contributed by atoms with Gasteiger partial charge in [0.05, 0.1) is 11.6 Å². The molecule has 0 radical (unpaired) electrons. The summed E-state index contributed by atoms with van der Waals surface area (Å²) in [6.45, 7) is 0. The second-order valence-corrected chi connectivity index (χ2v) is 4.98. The molecule has 0 aliphatic heterocycles. The van der Waals surface area contributed by atoms with Crippen molar-refractivity contribution >= 4 is 11.8 Å². The molecule has 2 atom stereocenters. The summed E-state index contributed by atoms with van der Waals surface area (Å²) in [6, 6.07) is 9.51. The number of benzene rings is 1. The van der Waals surface area contributed by atoms with E-state index in [0.29, 0.717) is 5.56 Å². The number of allylic oxidation sites excluding steroid dienone is 2. The predicted octanol–water partition coefficient (Wildman–Crippen LogP) is 2.82. The number of thioether (sulfide) groups is 1. The van der Waals surface area contributed by atoms with E-state index in [1.54, 1.807) is 12.1 Å². The maximum absolute atomic E-state index is 10.5. The molecule has 86 valence electrons. The first-order chi connectivity index (χ1) is 8.19. The average Bonchev–Trinajstić information content (AvgIpc) is 2.39. The Bertz CT molecular complexity index is 515. The van der Waals surface area contributed by atoms with E-state index < -0.39 is 4.93 Å². The monoisotopic (exact) mass is 243 g/mol. The number of nitrogens with zero attached hydrogens (tertiary/aromatic N) is 1. The van der Waals surface area contributed by atoms with E-state index in [0.717, 1.165) is 5.56 Å². The Morgan fingerprint density at radius 2 is 2.24 bits per heavy atom. The molecule has 0 heterocycles. The standard InChI is InChI=1S/C14H13NOS/c1-17-14(16)8-3-2-7-13(14)12-6-4-5-11(9-12)10-15/h2-9,13,16H,1H3/t13?,14-/m0/s1. The SMILES string of the molecule is CS[C@@]1(O)C=CC=CC1c1cccc(C#N)c1. The second-order valence-electron chi connectivity index (χ2n) is 3.91. The Labute approximate surface area is 105 Å². The molecule has 0 aromatic heterocycles. The largest absolute Gasteiger partial charge is 0.375 e. The van der Waals surface area contributed by atoms with Gasteiger partial charge in [-0.05, 0) is 30.0 Å². The van der Waals surface area contributed by atoms with Crippen molar-refractivity contribution in [3.8, 4) is 6.07 Å². The third-order valence-electron chi connectivity index (χ3n) is 2.90. The fourth-order valence-corrected chi connectivity index (χ4v) is 2.64. The summed E-state index contributed by atoms with van der Waals surface area (Å²) in [5.74, 6) is -0.115. The first kappa shape index (κ1) is 12.0. The molecular formula is C14H13NOS. The van der Waals surface area contributed by atoms with Crippen molar-refractivity contribution in [2.75, 3.05) is 6.26 Å². The predicted molar refractivity (Wildman–Crippen MR) is 70.6 cm³/mol. The van der Waals surface area contributed by atoms with Gasteiger partial charge in [0.2, 0.25) is 0 Å². The minimum atomic E-state index is -0.928. The minimum absolute atomic E-state index is 0.115. The van der Waals surface area contributed by atoms with Gasteiger partial charge in [-0.25, -0.2) is 0 Å². The normalized spacial score (nSPS) is 26.8. The number of rotatable bonds is 2. The van der Waals surface area contributed by atoms with Crippen molar-refractivity contribution in [3.63, 3.8) is 0 Å². The lowest BCUT2D eigenvalue weighted by Gasteiger charge is -2.32. The maximum atomic E-state index is 10.5. The Balaban J connectivity index is 2.42. The van der Waals surface area contributed by atoms with Gasteiger partial charge in [-0.15, -0.1) is 11.8 Å². The topological polar surface area (TPSA) is 44.0 Å². The van der Waals surface area contributed by atoms with Crippen molar-refractivity contribution in [3.05, 3.63) is 59.7 Å². The third kappa shape index (κ3) is 2.28. The van der Waals surface area contributed by atoms with Gasteiger partial charge in [0.25, 0.3) is 0 Å². The van der Waals surface area contributed by atoms with Crippen LogP contribution in [-0.4, -0.2) is 16.3 Å². The van der Waals surface area contributed by atoms with Gasteiger partial charge >= 0.3 is 0 Å². The summed E-state index contributed by atoms with van der Waals surface area (Å²) in [7, 11) is 0. The average molecular weight is 243 g/mol. The summed E-state index contributed by atoms with van der Waals surface area (Å²) < 4.78 is 0. The molecule has 3 heteroatoms. The van der Waals surface area contributed by atoms with E-state index in [2.05, 4.69) is 6.07 Å². The molecule has 17 heavy (non-hydrogen) atoms. The molecule has 1 N–H and O–H groups in total. The summed E-state index contributed by atoms with van der Waals surface area (Å²) >= 11 is 1.40. The highest BCUT2D eigenvalue weighted by Gasteiger charge is 2.34. The summed E-state index contributed by atoms with van der Waals surface area (Å²) in [5.41, 5.74) is 1.58. The van der Waals surface area contributed by atoms with Gasteiger partial charge in [-0.3, -0.25) is 0 Å². The van der Waals surface area contributed by atoms with Crippen LogP contribution >= 0.6 is 11.8 Å². The highest BCUT2D eigenvalue weighted by Crippen LogP contribution is 2.40. The molecule has 0 saturated heterocycles. The molecule has 0 fully saturated rings. The van der Waals surface area contributed by atoms with Crippen LogP contribution in [0.25, 0.3) is 0 Å². The van der Waals surface area contributed by atoms with Crippen LogP contribution < -0.4 is 0 Å². The van der Waals surface area contributed by atoms with Crippen LogP contribution in [0.1, 0.15) is 17.0 Å². The van der Waals surface area contributed by atoms with E-state index >= 15 is 0 Å². The van der Waals surface area contributed by atoms with Crippen molar-refractivity contribution in [2.45, 2.75) is 10.9 Å². The van der Waals surface area contributed by atoms with Gasteiger partial charge in [-0.1, -0.05) is 30.4 Å². The lowest BCUT2D eigenvalue weighted by atomic mass is 9.89. The van der Waals surface area contributed by atoms with Crippen LogP contribution in [0.3, 0.4) is 0 Å². The molecule has 0 amide bonds. The van der Waals surface area contributed by atoms with Gasteiger partial charge in [-0.2, -0.15) is 5.26 Å². The zero-order valence-electron chi connectivity index (χ0n) is 9.50. The molecule has 1 aliphatic rings. The quantitative estimate of drug-likeness (QED) is 0.812. The Hall–Kier alpha value is -1.50. The molecule has 1 aliphatic carbocycles. The van der Waals surface area contributed by atoms with E-state index in [1.165, 1.54) is 11.8 Å².